The first-order valence-corrected chi connectivity index (χ1v) is 13.5. The highest BCUT2D eigenvalue weighted by Crippen LogP contribution is 2.32. The molecule has 0 aliphatic heterocycles. The number of methoxy groups -OCH3 is 1. The Balaban J connectivity index is 1.44. The largest absolute Gasteiger partial charge is 0.493 e. The number of furan rings is 1. The molecule has 4 aromatic carbocycles. The summed E-state index contributed by atoms with van der Waals surface area (Å²) in [6.45, 7) is 0.197. The molecule has 0 saturated heterocycles. The smallest absolute Gasteiger partial charge is 0.282 e. The van der Waals surface area contributed by atoms with E-state index in [9.17, 15) is 4.79 Å². The van der Waals surface area contributed by atoms with Gasteiger partial charge in [-0.25, -0.2) is 4.98 Å². The van der Waals surface area contributed by atoms with Crippen molar-refractivity contribution in [3.05, 3.63) is 121 Å². The predicted octanol–water partition coefficient (Wildman–Crippen LogP) is 8.24. The topological polar surface area (TPSA) is 78.9 Å². The van der Waals surface area contributed by atoms with Crippen molar-refractivity contribution in [2.45, 2.75) is 6.61 Å². The lowest BCUT2D eigenvalue weighted by Gasteiger charge is -2.14. The number of benzene rings is 4. The summed E-state index contributed by atoms with van der Waals surface area (Å²) >= 11 is 18.4. The van der Waals surface area contributed by atoms with E-state index in [-0.39, 0.29) is 18.0 Å². The molecule has 0 fully saturated rings. The number of hydrogen-bond acceptors (Lipinski definition) is 6. The third-order valence-electron chi connectivity index (χ3n) is 6.36. The lowest BCUT2D eigenvalue weighted by Crippen LogP contribution is -2.20. The molecule has 6 rings (SSSR count). The van der Waals surface area contributed by atoms with Gasteiger partial charge in [-0.15, -0.1) is 0 Å². The summed E-state index contributed by atoms with van der Waals surface area (Å²) < 4.78 is 19.0. The Kier molecular flexibility index (Phi) is 7.41. The first-order chi connectivity index (χ1) is 19.9. The lowest BCUT2D eigenvalue weighted by molar-refractivity contribution is 0.284. The van der Waals surface area contributed by atoms with Crippen LogP contribution in [-0.2, 0) is 6.61 Å². The SMILES string of the molecule is COc1cccc(C=Nn2c(-c3cc4cc(Cl)ccc4o3)nc3ccccc3c2=O)c1OCc1ccc(Cl)c(Cl)c1. The fraction of sp³-hybridized carbons (Fsp3) is 0.0645. The van der Waals surface area contributed by atoms with Crippen LogP contribution in [-0.4, -0.2) is 23.0 Å². The van der Waals surface area contributed by atoms with Gasteiger partial charge in [0.05, 0.1) is 34.3 Å². The number of nitrogens with zero attached hydrogens (tertiary/aromatic N) is 3. The molecule has 2 heterocycles. The van der Waals surface area contributed by atoms with Crippen LogP contribution in [0.4, 0.5) is 0 Å². The molecule has 0 spiro atoms. The second kappa shape index (κ2) is 11.3. The number of halogens is 3. The van der Waals surface area contributed by atoms with E-state index in [0.717, 1.165) is 10.9 Å². The molecule has 0 atom stereocenters. The fourth-order valence-corrected chi connectivity index (χ4v) is 4.87. The monoisotopic (exact) mass is 603 g/mol. The zero-order chi connectivity index (χ0) is 28.5. The molecule has 0 amide bonds. The van der Waals surface area contributed by atoms with E-state index in [0.29, 0.717) is 54.4 Å². The molecule has 0 aliphatic rings. The van der Waals surface area contributed by atoms with Crippen molar-refractivity contribution in [2.75, 3.05) is 7.11 Å². The zero-order valence-corrected chi connectivity index (χ0v) is 23.7. The fourth-order valence-electron chi connectivity index (χ4n) is 4.37. The highest BCUT2D eigenvalue weighted by molar-refractivity contribution is 6.42. The van der Waals surface area contributed by atoms with Crippen molar-refractivity contribution in [3.63, 3.8) is 0 Å². The van der Waals surface area contributed by atoms with Crippen molar-refractivity contribution < 1.29 is 13.9 Å². The predicted molar refractivity (Wildman–Crippen MR) is 163 cm³/mol. The Hall–Kier alpha value is -4.30. The Morgan fingerprint density at radius 1 is 0.951 bits per heavy atom. The molecule has 10 heteroatoms. The molecule has 204 valence electrons. The minimum Gasteiger partial charge on any atom is -0.493 e. The molecule has 0 bridgehead atoms. The van der Waals surface area contributed by atoms with E-state index in [1.807, 2.05) is 12.1 Å². The minimum absolute atomic E-state index is 0.197. The molecule has 0 radical (unpaired) electrons. The van der Waals surface area contributed by atoms with Crippen LogP contribution >= 0.6 is 34.8 Å². The summed E-state index contributed by atoms with van der Waals surface area (Å²) in [5.74, 6) is 1.53. The van der Waals surface area contributed by atoms with Crippen molar-refractivity contribution in [1.29, 1.82) is 0 Å². The van der Waals surface area contributed by atoms with Crippen molar-refractivity contribution >= 4 is 62.9 Å². The first kappa shape index (κ1) is 26.9. The van der Waals surface area contributed by atoms with Crippen LogP contribution in [0.2, 0.25) is 15.1 Å². The van der Waals surface area contributed by atoms with Gasteiger partial charge in [-0.05, 0) is 66.2 Å². The second-order valence-electron chi connectivity index (χ2n) is 9.02. The van der Waals surface area contributed by atoms with Gasteiger partial charge in [-0.3, -0.25) is 4.79 Å². The van der Waals surface area contributed by atoms with E-state index >= 15 is 0 Å². The van der Waals surface area contributed by atoms with Gasteiger partial charge in [0.25, 0.3) is 5.56 Å². The standard InChI is InChI=1S/C31H20Cl3N3O4/c1-39-27-8-4-5-19(29(27)40-17-18-9-11-23(33)24(34)13-18)16-35-37-30(36-25-7-3-2-6-22(25)31(37)38)28-15-20-14-21(32)10-12-26(20)41-28/h2-16H,17H2,1H3. The number of aromatic nitrogens is 2. The van der Waals surface area contributed by atoms with Crippen molar-refractivity contribution in [3.8, 4) is 23.1 Å². The minimum atomic E-state index is -0.360. The van der Waals surface area contributed by atoms with Crippen LogP contribution in [0.5, 0.6) is 11.5 Å². The van der Waals surface area contributed by atoms with Gasteiger partial charge in [0.2, 0.25) is 5.82 Å². The van der Waals surface area contributed by atoms with Crippen LogP contribution in [0.3, 0.4) is 0 Å². The van der Waals surface area contributed by atoms with E-state index in [1.54, 1.807) is 79.9 Å². The number of rotatable bonds is 7. The molecule has 6 aromatic rings. The van der Waals surface area contributed by atoms with Crippen LogP contribution in [0.25, 0.3) is 33.5 Å². The maximum absolute atomic E-state index is 13.7. The summed E-state index contributed by atoms with van der Waals surface area (Å²) in [7, 11) is 1.55. The number of ether oxygens (including phenoxy) is 2. The Morgan fingerprint density at radius 3 is 2.63 bits per heavy atom. The van der Waals surface area contributed by atoms with E-state index in [1.165, 1.54) is 10.9 Å². The summed E-state index contributed by atoms with van der Waals surface area (Å²) in [6, 6.07) is 24.8. The molecule has 0 aliphatic carbocycles. The molecular weight excluding hydrogens is 585 g/mol. The summed E-state index contributed by atoms with van der Waals surface area (Å²) in [4.78, 5) is 18.4. The molecule has 7 nitrogen and oxygen atoms in total. The molecule has 0 unspecified atom stereocenters. The Bertz CT molecular complexity index is 2020. The summed E-state index contributed by atoms with van der Waals surface area (Å²) in [6.07, 6.45) is 1.52. The lowest BCUT2D eigenvalue weighted by atomic mass is 10.2. The molecule has 2 aromatic heterocycles. The number of hydrogen-bond donors (Lipinski definition) is 0. The van der Waals surface area contributed by atoms with E-state index < -0.39 is 0 Å². The van der Waals surface area contributed by atoms with Crippen LogP contribution in [0.15, 0.2) is 99.2 Å². The molecule has 41 heavy (non-hydrogen) atoms. The third kappa shape index (κ3) is 5.39. The van der Waals surface area contributed by atoms with Gasteiger partial charge in [0, 0.05) is 16.0 Å². The Morgan fingerprint density at radius 2 is 1.80 bits per heavy atom. The molecule has 0 saturated carbocycles. The Labute approximate surface area is 249 Å². The van der Waals surface area contributed by atoms with Gasteiger partial charge < -0.3 is 13.9 Å². The highest BCUT2D eigenvalue weighted by Gasteiger charge is 2.17. The van der Waals surface area contributed by atoms with Crippen molar-refractivity contribution in [1.82, 2.24) is 9.66 Å². The van der Waals surface area contributed by atoms with E-state index in [4.69, 9.17) is 53.7 Å². The van der Waals surface area contributed by atoms with Crippen LogP contribution in [0.1, 0.15) is 11.1 Å². The molecule has 0 N–H and O–H groups in total. The quantitative estimate of drug-likeness (QED) is 0.172. The second-order valence-corrected chi connectivity index (χ2v) is 10.3. The average molecular weight is 605 g/mol. The third-order valence-corrected chi connectivity index (χ3v) is 7.34. The van der Waals surface area contributed by atoms with Gasteiger partial charge in [-0.2, -0.15) is 9.78 Å². The summed E-state index contributed by atoms with van der Waals surface area (Å²) in [5, 5.41) is 7.20. The first-order valence-electron chi connectivity index (χ1n) is 12.4. The molecular formula is C31H20Cl3N3O4. The number of para-hydroxylation sites is 2. The summed E-state index contributed by atoms with van der Waals surface area (Å²) in [5.41, 5.74) is 2.15. The highest BCUT2D eigenvalue weighted by atomic mass is 35.5. The van der Waals surface area contributed by atoms with Gasteiger partial charge in [0.1, 0.15) is 12.2 Å². The normalized spacial score (nSPS) is 11.5. The average Bonchev–Trinajstić information content (AvgIpc) is 3.40. The zero-order valence-electron chi connectivity index (χ0n) is 21.5. The van der Waals surface area contributed by atoms with Crippen LogP contribution in [0, 0.1) is 0 Å². The van der Waals surface area contributed by atoms with Crippen molar-refractivity contribution in [2.24, 2.45) is 5.10 Å². The number of fused-ring (bicyclic) bond motifs is 2. The van der Waals surface area contributed by atoms with Gasteiger partial charge in [0.15, 0.2) is 17.3 Å². The van der Waals surface area contributed by atoms with Gasteiger partial charge in [-0.1, -0.05) is 59.1 Å². The maximum atomic E-state index is 13.7. The van der Waals surface area contributed by atoms with E-state index in [2.05, 4.69) is 5.10 Å². The van der Waals surface area contributed by atoms with Crippen LogP contribution < -0.4 is 15.0 Å². The van der Waals surface area contributed by atoms with Gasteiger partial charge >= 0.3 is 0 Å². The maximum Gasteiger partial charge on any atom is 0.282 e.